The first-order valence-electron chi connectivity index (χ1n) is 6.59. The van der Waals surface area contributed by atoms with Crippen molar-refractivity contribution in [2.45, 2.75) is 32.5 Å². The number of fused-ring (bicyclic) bond motifs is 3. The fourth-order valence-corrected chi connectivity index (χ4v) is 2.41. The van der Waals surface area contributed by atoms with E-state index in [1.54, 1.807) is 0 Å². The highest BCUT2D eigenvalue weighted by Crippen LogP contribution is 2.45. The Morgan fingerprint density at radius 1 is 0.789 bits per heavy atom. The molecule has 0 N–H and O–H groups in total. The lowest BCUT2D eigenvalue weighted by Gasteiger charge is -2.22. The molecule has 0 bridgehead atoms. The first kappa shape index (κ1) is 12.4. The molecular weight excluding hydrogens is 236 g/mol. The van der Waals surface area contributed by atoms with Crippen molar-refractivity contribution in [3.8, 4) is 11.1 Å². The molecule has 0 spiro atoms. The molecule has 2 heteroatoms. The molecule has 1 aliphatic carbocycles. The summed E-state index contributed by atoms with van der Waals surface area (Å²) in [6.45, 7) is 5.96. The Morgan fingerprint density at radius 2 is 1.26 bits per heavy atom. The topological polar surface area (TPSA) is 18.5 Å². The molecule has 0 amide bonds. The summed E-state index contributed by atoms with van der Waals surface area (Å²) in [6.07, 6.45) is -0.133. The molecule has 0 saturated carbocycles. The van der Waals surface area contributed by atoms with Gasteiger partial charge in [0.15, 0.2) is 0 Å². The van der Waals surface area contributed by atoms with E-state index in [0.717, 1.165) is 0 Å². The lowest BCUT2D eigenvalue weighted by atomic mass is 10.1. The number of benzene rings is 2. The van der Waals surface area contributed by atoms with Crippen LogP contribution >= 0.6 is 0 Å². The van der Waals surface area contributed by atoms with Gasteiger partial charge in [0.25, 0.3) is 0 Å². The molecule has 2 nitrogen and oxygen atoms in total. The van der Waals surface area contributed by atoms with Crippen molar-refractivity contribution in [3.05, 3.63) is 59.7 Å². The monoisotopic (exact) mass is 254 g/mol. The Morgan fingerprint density at radius 3 is 1.74 bits per heavy atom. The highest BCUT2D eigenvalue weighted by molar-refractivity contribution is 5.77. The summed E-state index contributed by atoms with van der Waals surface area (Å²) in [5, 5.41) is 0. The molecule has 0 saturated heterocycles. The lowest BCUT2D eigenvalue weighted by Crippen LogP contribution is -2.21. The van der Waals surface area contributed by atoms with Gasteiger partial charge in [-0.25, -0.2) is 9.78 Å². The zero-order valence-corrected chi connectivity index (χ0v) is 11.5. The van der Waals surface area contributed by atoms with Crippen LogP contribution in [0.4, 0.5) is 0 Å². The number of hydrogen-bond acceptors (Lipinski definition) is 2. The quantitative estimate of drug-likeness (QED) is 0.580. The van der Waals surface area contributed by atoms with Crippen molar-refractivity contribution in [2.24, 2.45) is 0 Å². The molecule has 0 fully saturated rings. The summed E-state index contributed by atoms with van der Waals surface area (Å²) in [7, 11) is 0. The average Bonchev–Trinajstić information content (AvgIpc) is 2.70. The minimum Gasteiger partial charge on any atom is -0.230 e. The van der Waals surface area contributed by atoms with Gasteiger partial charge in [-0.15, -0.1) is 0 Å². The Hall–Kier alpha value is -1.64. The molecule has 2 aromatic rings. The van der Waals surface area contributed by atoms with Gasteiger partial charge in [-0.2, -0.15) is 0 Å². The van der Waals surface area contributed by atoms with Gasteiger partial charge in [-0.3, -0.25) is 0 Å². The largest absolute Gasteiger partial charge is 0.230 e. The van der Waals surface area contributed by atoms with Gasteiger partial charge < -0.3 is 0 Å². The SMILES string of the molecule is CC(C)(C)OOC1c2ccccc2-c2ccccc21. The summed E-state index contributed by atoms with van der Waals surface area (Å²) in [5.74, 6) is 0. The third kappa shape index (κ3) is 2.29. The van der Waals surface area contributed by atoms with Crippen LogP contribution in [0.2, 0.25) is 0 Å². The minimum atomic E-state index is -0.313. The van der Waals surface area contributed by atoms with Crippen molar-refractivity contribution in [1.29, 1.82) is 0 Å². The van der Waals surface area contributed by atoms with Crippen LogP contribution in [-0.2, 0) is 9.78 Å². The lowest BCUT2D eigenvalue weighted by molar-refractivity contribution is -0.367. The third-order valence-electron chi connectivity index (χ3n) is 3.17. The van der Waals surface area contributed by atoms with Crippen LogP contribution in [0.5, 0.6) is 0 Å². The molecule has 98 valence electrons. The second-order valence-electron chi connectivity index (χ2n) is 5.85. The van der Waals surface area contributed by atoms with Gasteiger partial charge in [0.1, 0.15) is 6.10 Å². The van der Waals surface area contributed by atoms with Crippen molar-refractivity contribution in [2.75, 3.05) is 0 Å². The molecule has 2 aromatic carbocycles. The predicted octanol–water partition coefficient (Wildman–Crippen LogP) is 4.50. The van der Waals surface area contributed by atoms with Crippen molar-refractivity contribution < 1.29 is 9.78 Å². The Balaban J connectivity index is 2.00. The normalized spacial score (nSPS) is 14.3. The maximum Gasteiger partial charge on any atom is 0.144 e. The zero-order chi connectivity index (χ0) is 13.5. The van der Waals surface area contributed by atoms with Crippen LogP contribution in [-0.4, -0.2) is 5.60 Å². The van der Waals surface area contributed by atoms with E-state index in [-0.39, 0.29) is 11.7 Å². The summed E-state index contributed by atoms with van der Waals surface area (Å²) in [5.41, 5.74) is 4.51. The maximum atomic E-state index is 5.72. The Labute approximate surface area is 113 Å². The summed E-state index contributed by atoms with van der Waals surface area (Å²) < 4.78 is 0. The molecule has 3 rings (SSSR count). The molecular formula is C17H18O2. The van der Waals surface area contributed by atoms with E-state index in [4.69, 9.17) is 9.78 Å². The van der Waals surface area contributed by atoms with Gasteiger partial charge in [0.05, 0.1) is 5.60 Å². The van der Waals surface area contributed by atoms with Crippen LogP contribution in [0, 0.1) is 0 Å². The van der Waals surface area contributed by atoms with Gasteiger partial charge in [0.2, 0.25) is 0 Å². The molecule has 1 aliphatic rings. The fraction of sp³-hybridized carbons (Fsp3) is 0.294. The molecule has 0 atom stereocenters. The van der Waals surface area contributed by atoms with E-state index >= 15 is 0 Å². The van der Waals surface area contributed by atoms with Crippen LogP contribution in [0.1, 0.15) is 38.0 Å². The van der Waals surface area contributed by atoms with E-state index in [1.807, 2.05) is 32.9 Å². The zero-order valence-electron chi connectivity index (χ0n) is 11.5. The van der Waals surface area contributed by atoms with E-state index < -0.39 is 0 Å². The third-order valence-corrected chi connectivity index (χ3v) is 3.17. The molecule has 0 radical (unpaired) electrons. The van der Waals surface area contributed by atoms with E-state index in [2.05, 4.69) is 36.4 Å². The van der Waals surface area contributed by atoms with Crippen LogP contribution in [0.25, 0.3) is 11.1 Å². The van der Waals surface area contributed by atoms with E-state index in [1.165, 1.54) is 22.3 Å². The van der Waals surface area contributed by atoms with Gasteiger partial charge in [-0.1, -0.05) is 48.5 Å². The van der Waals surface area contributed by atoms with Crippen LogP contribution in [0.3, 0.4) is 0 Å². The fourth-order valence-electron chi connectivity index (χ4n) is 2.41. The molecule has 0 aliphatic heterocycles. The second-order valence-corrected chi connectivity index (χ2v) is 5.85. The summed E-state index contributed by atoms with van der Waals surface area (Å²) in [6, 6.07) is 16.7. The number of hydrogen-bond donors (Lipinski definition) is 0. The Kier molecular flexibility index (Phi) is 2.92. The molecule has 0 unspecified atom stereocenters. The first-order chi connectivity index (χ1) is 9.06. The van der Waals surface area contributed by atoms with E-state index in [0.29, 0.717) is 0 Å². The predicted molar refractivity (Wildman–Crippen MR) is 75.6 cm³/mol. The van der Waals surface area contributed by atoms with Crippen molar-refractivity contribution in [1.82, 2.24) is 0 Å². The van der Waals surface area contributed by atoms with Crippen molar-refractivity contribution >= 4 is 0 Å². The Bertz CT molecular complexity index is 551. The maximum absolute atomic E-state index is 5.72. The first-order valence-corrected chi connectivity index (χ1v) is 6.59. The highest BCUT2D eigenvalue weighted by atomic mass is 17.2. The van der Waals surface area contributed by atoms with E-state index in [9.17, 15) is 0 Å². The molecule has 19 heavy (non-hydrogen) atoms. The molecule has 0 aromatic heterocycles. The van der Waals surface area contributed by atoms with Crippen molar-refractivity contribution in [3.63, 3.8) is 0 Å². The van der Waals surface area contributed by atoms with Crippen LogP contribution in [0.15, 0.2) is 48.5 Å². The highest BCUT2D eigenvalue weighted by Gasteiger charge is 2.30. The number of rotatable bonds is 2. The standard InChI is InChI=1S/C17H18O2/c1-17(2,3)19-18-16-14-10-6-4-8-12(14)13-9-5-7-11-15(13)16/h4-11,16H,1-3H3. The smallest absolute Gasteiger partial charge is 0.144 e. The second kappa shape index (κ2) is 4.48. The average molecular weight is 254 g/mol. The van der Waals surface area contributed by atoms with Gasteiger partial charge >= 0.3 is 0 Å². The summed E-state index contributed by atoms with van der Waals surface area (Å²) in [4.78, 5) is 11.2. The molecule has 0 heterocycles. The minimum absolute atomic E-state index is 0.133. The van der Waals surface area contributed by atoms with Gasteiger partial charge in [-0.05, 0) is 43.0 Å². The van der Waals surface area contributed by atoms with Crippen LogP contribution < -0.4 is 0 Å². The van der Waals surface area contributed by atoms with Gasteiger partial charge in [0, 0.05) is 0 Å². The summed E-state index contributed by atoms with van der Waals surface area (Å²) >= 11 is 0.